The molecule has 2 N–H and O–H groups in total. The molecule has 2 heterocycles. The second-order valence-corrected chi connectivity index (χ2v) is 6.92. The third kappa shape index (κ3) is 2.53. The van der Waals surface area contributed by atoms with Crippen molar-refractivity contribution in [1.82, 2.24) is 9.88 Å². The number of pyridine rings is 1. The van der Waals surface area contributed by atoms with Gasteiger partial charge in [-0.05, 0) is 43.5 Å². The molecule has 3 nitrogen and oxygen atoms in total. The third-order valence-electron chi connectivity index (χ3n) is 4.80. The zero-order valence-corrected chi connectivity index (χ0v) is 14.2. The van der Waals surface area contributed by atoms with Crippen molar-refractivity contribution in [2.45, 2.75) is 52.6 Å². The Bertz CT molecular complexity index is 698. The smallest absolute Gasteiger partial charge is 0.0740 e. The fourth-order valence-electron chi connectivity index (χ4n) is 3.67. The highest BCUT2D eigenvalue weighted by Gasteiger charge is 2.28. The second kappa shape index (κ2) is 5.64. The highest BCUT2D eigenvalue weighted by atomic mass is 15.1. The normalized spacial score (nSPS) is 16.0. The molecule has 1 aromatic carbocycles. The Morgan fingerprint density at radius 1 is 1.27 bits per heavy atom. The van der Waals surface area contributed by atoms with Crippen LogP contribution in [-0.4, -0.2) is 23.0 Å². The molecule has 1 aliphatic rings. The average molecular weight is 297 g/mol. The van der Waals surface area contributed by atoms with Crippen molar-refractivity contribution < 1.29 is 0 Å². The summed E-state index contributed by atoms with van der Waals surface area (Å²) in [7, 11) is 0. The van der Waals surface area contributed by atoms with Gasteiger partial charge in [-0.25, -0.2) is 0 Å². The number of nitrogens with zero attached hydrogens (tertiary/aromatic N) is 2. The number of nitrogens with two attached hydrogens (primary N) is 1. The van der Waals surface area contributed by atoms with Gasteiger partial charge in [-0.3, -0.25) is 9.88 Å². The minimum Gasteiger partial charge on any atom is -0.322 e. The quantitative estimate of drug-likeness (QED) is 0.944. The molecular weight excluding hydrogens is 270 g/mol. The SMILES string of the molecule is CCc1cccc2c(C(C)(C)N)c3c(nc12)CCN(CC)C3. The Morgan fingerprint density at radius 2 is 2.05 bits per heavy atom. The number of aryl methyl sites for hydroxylation is 1. The molecule has 0 bridgehead atoms. The van der Waals surface area contributed by atoms with Crippen LogP contribution in [0.25, 0.3) is 10.9 Å². The first-order valence-electron chi connectivity index (χ1n) is 8.40. The molecule has 1 aromatic heterocycles. The second-order valence-electron chi connectivity index (χ2n) is 6.92. The predicted octanol–water partition coefficient (Wildman–Crippen LogP) is 3.37. The Balaban J connectivity index is 2.34. The van der Waals surface area contributed by atoms with Crippen LogP contribution in [-0.2, 0) is 24.9 Å². The number of likely N-dealkylation sites (N-methyl/N-ethyl adjacent to an activating group) is 1. The number of hydrogen-bond donors (Lipinski definition) is 1. The van der Waals surface area contributed by atoms with Crippen LogP contribution >= 0.6 is 0 Å². The van der Waals surface area contributed by atoms with E-state index >= 15 is 0 Å². The van der Waals surface area contributed by atoms with Crippen molar-refractivity contribution >= 4 is 10.9 Å². The molecule has 22 heavy (non-hydrogen) atoms. The highest BCUT2D eigenvalue weighted by Crippen LogP contribution is 2.35. The molecular formula is C19H27N3. The standard InChI is InChI=1S/C19H27N3/c1-5-13-8-7-9-14-17(19(3,4)20)15-12-22(6-2)11-10-16(15)21-18(13)14/h7-9H,5-6,10-12,20H2,1-4H3. The van der Waals surface area contributed by atoms with Gasteiger partial charge < -0.3 is 5.73 Å². The summed E-state index contributed by atoms with van der Waals surface area (Å²) >= 11 is 0. The van der Waals surface area contributed by atoms with E-state index in [1.165, 1.54) is 27.8 Å². The van der Waals surface area contributed by atoms with E-state index in [0.29, 0.717) is 0 Å². The molecule has 118 valence electrons. The van der Waals surface area contributed by atoms with Crippen molar-refractivity contribution in [2.75, 3.05) is 13.1 Å². The Labute approximate surface area is 133 Å². The van der Waals surface area contributed by atoms with Crippen LogP contribution in [0.3, 0.4) is 0 Å². The average Bonchev–Trinajstić information content (AvgIpc) is 2.50. The number of fused-ring (bicyclic) bond motifs is 2. The largest absolute Gasteiger partial charge is 0.322 e. The van der Waals surface area contributed by atoms with Crippen molar-refractivity contribution in [3.8, 4) is 0 Å². The van der Waals surface area contributed by atoms with Gasteiger partial charge in [-0.1, -0.05) is 32.0 Å². The highest BCUT2D eigenvalue weighted by molar-refractivity contribution is 5.87. The predicted molar refractivity (Wildman–Crippen MR) is 93.0 cm³/mol. The summed E-state index contributed by atoms with van der Waals surface area (Å²) in [4.78, 5) is 7.53. The van der Waals surface area contributed by atoms with Gasteiger partial charge in [0.05, 0.1) is 5.52 Å². The summed E-state index contributed by atoms with van der Waals surface area (Å²) in [6, 6.07) is 6.53. The van der Waals surface area contributed by atoms with Gasteiger partial charge in [-0.2, -0.15) is 0 Å². The first-order chi connectivity index (χ1) is 10.5. The van der Waals surface area contributed by atoms with Gasteiger partial charge in [0, 0.05) is 36.1 Å². The molecule has 3 rings (SSSR count). The lowest BCUT2D eigenvalue weighted by Crippen LogP contribution is -2.37. The maximum absolute atomic E-state index is 6.58. The van der Waals surface area contributed by atoms with E-state index in [1.807, 2.05) is 0 Å². The molecule has 3 heteroatoms. The number of rotatable bonds is 3. The van der Waals surface area contributed by atoms with Gasteiger partial charge in [0.15, 0.2) is 0 Å². The molecule has 1 aliphatic heterocycles. The van der Waals surface area contributed by atoms with Crippen molar-refractivity contribution in [3.05, 3.63) is 40.6 Å². The number of para-hydroxylation sites is 1. The molecule has 0 unspecified atom stereocenters. The summed E-state index contributed by atoms with van der Waals surface area (Å²) in [5, 5.41) is 1.24. The van der Waals surface area contributed by atoms with E-state index in [4.69, 9.17) is 10.7 Å². The van der Waals surface area contributed by atoms with Gasteiger partial charge in [0.2, 0.25) is 0 Å². The van der Waals surface area contributed by atoms with E-state index in [-0.39, 0.29) is 5.54 Å². The van der Waals surface area contributed by atoms with Gasteiger partial charge in [-0.15, -0.1) is 0 Å². The van der Waals surface area contributed by atoms with Crippen molar-refractivity contribution in [1.29, 1.82) is 0 Å². The minimum atomic E-state index is -0.353. The molecule has 2 aromatic rings. The molecule has 0 radical (unpaired) electrons. The lowest BCUT2D eigenvalue weighted by Gasteiger charge is -2.33. The Morgan fingerprint density at radius 3 is 2.68 bits per heavy atom. The van der Waals surface area contributed by atoms with Crippen LogP contribution in [0.1, 0.15) is 50.1 Å². The maximum atomic E-state index is 6.58. The fraction of sp³-hybridized carbons (Fsp3) is 0.526. The first kappa shape index (κ1) is 15.4. The minimum absolute atomic E-state index is 0.353. The van der Waals surface area contributed by atoms with E-state index in [2.05, 4.69) is 50.8 Å². The number of hydrogen-bond acceptors (Lipinski definition) is 3. The number of benzene rings is 1. The van der Waals surface area contributed by atoms with Crippen molar-refractivity contribution in [2.24, 2.45) is 5.73 Å². The van der Waals surface area contributed by atoms with Gasteiger partial charge in [0.1, 0.15) is 0 Å². The summed E-state index contributed by atoms with van der Waals surface area (Å²) in [6.07, 6.45) is 2.04. The van der Waals surface area contributed by atoms with Crippen LogP contribution in [0.4, 0.5) is 0 Å². The lowest BCUT2D eigenvalue weighted by molar-refractivity contribution is 0.263. The van der Waals surface area contributed by atoms with Crippen molar-refractivity contribution in [3.63, 3.8) is 0 Å². The Kier molecular flexibility index (Phi) is 3.96. The van der Waals surface area contributed by atoms with Crippen LogP contribution in [0, 0.1) is 0 Å². The van der Waals surface area contributed by atoms with Crippen LogP contribution < -0.4 is 5.73 Å². The molecule has 0 atom stereocenters. The first-order valence-corrected chi connectivity index (χ1v) is 8.40. The summed E-state index contributed by atoms with van der Waals surface area (Å²) in [5.74, 6) is 0. The molecule has 0 aliphatic carbocycles. The monoisotopic (exact) mass is 297 g/mol. The van der Waals surface area contributed by atoms with Gasteiger partial charge in [0.25, 0.3) is 0 Å². The summed E-state index contributed by atoms with van der Waals surface area (Å²) in [5.41, 5.74) is 12.6. The molecule has 0 saturated heterocycles. The summed E-state index contributed by atoms with van der Waals surface area (Å²) < 4.78 is 0. The van der Waals surface area contributed by atoms with Crippen LogP contribution in [0.5, 0.6) is 0 Å². The van der Waals surface area contributed by atoms with E-state index in [1.54, 1.807) is 0 Å². The zero-order chi connectivity index (χ0) is 15.9. The molecule has 0 amide bonds. The molecule has 0 fully saturated rings. The lowest BCUT2D eigenvalue weighted by atomic mass is 9.84. The Hall–Kier alpha value is -1.45. The maximum Gasteiger partial charge on any atom is 0.0740 e. The number of aromatic nitrogens is 1. The fourth-order valence-corrected chi connectivity index (χ4v) is 3.67. The summed E-state index contributed by atoms with van der Waals surface area (Å²) in [6.45, 7) is 11.8. The van der Waals surface area contributed by atoms with E-state index in [9.17, 15) is 0 Å². The third-order valence-corrected chi connectivity index (χ3v) is 4.80. The van der Waals surface area contributed by atoms with Crippen LogP contribution in [0.2, 0.25) is 0 Å². The van der Waals surface area contributed by atoms with E-state index < -0.39 is 0 Å². The molecule has 0 saturated carbocycles. The molecule has 0 spiro atoms. The topological polar surface area (TPSA) is 42.1 Å². The van der Waals surface area contributed by atoms with Crippen LogP contribution in [0.15, 0.2) is 18.2 Å². The zero-order valence-electron chi connectivity index (χ0n) is 14.2. The van der Waals surface area contributed by atoms with E-state index in [0.717, 1.165) is 38.0 Å². The van der Waals surface area contributed by atoms with Gasteiger partial charge >= 0.3 is 0 Å².